The normalized spacial score (nSPS) is 11.4. The average molecular weight is 327 g/mol. The number of nitrogens with two attached hydrogens (primary N) is 1. The minimum Gasteiger partial charge on any atom is -0.497 e. The summed E-state index contributed by atoms with van der Waals surface area (Å²) in [5.74, 6) is 0.600. The fraction of sp³-hybridized carbons (Fsp3) is 0.308. The largest absolute Gasteiger partial charge is 0.497 e. The summed E-state index contributed by atoms with van der Waals surface area (Å²) in [6, 6.07) is 4.82. The zero-order chi connectivity index (χ0) is 15.5. The standard InChI is InChI=1S/C13H17N3O3S2/c1-9-8-15-13(20-9)16-21(17,18)12-4-3-11(19-2)7-10(12)5-6-14/h3-4,7-8H,5-6,14H2,1-2H3,(H,15,16). The summed E-state index contributed by atoms with van der Waals surface area (Å²) < 4.78 is 32.6. The number of sulfonamides is 1. The molecule has 0 bridgehead atoms. The van der Waals surface area contributed by atoms with Gasteiger partial charge in [-0.1, -0.05) is 0 Å². The molecule has 0 saturated heterocycles. The molecule has 21 heavy (non-hydrogen) atoms. The van der Waals surface area contributed by atoms with Gasteiger partial charge in [-0.05, 0) is 43.7 Å². The van der Waals surface area contributed by atoms with Crippen LogP contribution < -0.4 is 15.2 Å². The van der Waals surface area contributed by atoms with E-state index in [1.54, 1.807) is 18.3 Å². The fourth-order valence-corrected chi connectivity index (χ4v) is 4.03. The van der Waals surface area contributed by atoms with Crippen molar-refractivity contribution in [3.8, 4) is 5.75 Å². The van der Waals surface area contributed by atoms with Gasteiger partial charge in [0.05, 0.1) is 12.0 Å². The van der Waals surface area contributed by atoms with E-state index in [9.17, 15) is 8.42 Å². The van der Waals surface area contributed by atoms with Crippen LogP contribution in [0.3, 0.4) is 0 Å². The summed E-state index contributed by atoms with van der Waals surface area (Å²) in [6.45, 7) is 2.22. The van der Waals surface area contributed by atoms with E-state index in [1.807, 2.05) is 6.92 Å². The summed E-state index contributed by atoms with van der Waals surface area (Å²) in [5.41, 5.74) is 6.18. The van der Waals surface area contributed by atoms with Gasteiger partial charge in [-0.25, -0.2) is 13.4 Å². The number of aryl methyl sites for hydroxylation is 1. The third kappa shape index (κ3) is 3.72. The molecule has 0 unspecified atom stereocenters. The van der Waals surface area contributed by atoms with E-state index in [0.717, 1.165) is 4.88 Å². The van der Waals surface area contributed by atoms with Crippen molar-refractivity contribution in [1.82, 2.24) is 4.98 Å². The third-order valence-corrected chi connectivity index (χ3v) is 5.21. The van der Waals surface area contributed by atoms with Crippen LogP contribution in [0.2, 0.25) is 0 Å². The van der Waals surface area contributed by atoms with Gasteiger partial charge in [0.15, 0.2) is 5.13 Å². The number of anilines is 1. The monoisotopic (exact) mass is 327 g/mol. The zero-order valence-corrected chi connectivity index (χ0v) is 13.4. The molecule has 0 saturated carbocycles. The van der Waals surface area contributed by atoms with E-state index in [1.165, 1.54) is 24.5 Å². The van der Waals surface area contributed by atoms with E-state index in [-0.39, 0.29) is 4.90 Å². The predicted octanol–water partition coefficient (Wildman–Crippen LogP) is 1.76. The molecule has 114 valence electrons. The van der Waals surface area contributed by atoms with Gasteiger partial charge in [0.2, 0.25) is 0 Å². The van der Waals surface area contributed by atoms with Crippen LogP contribution in [0.25, 0.3) is 0 Å². The Hall–Kier alpha value is -1.64. The van der Waals surface area contributed by atoms with E-state index in [0.29, 0.717) is 29.4 Å². The molecule has 0 aliphatic carbocycles. The quantitative estimate of drug-likeness (QED) is 0.843. The lowest BCUT2D eigenvalue weighted by atomic mass is 10.1. The van der Waals surface area contributed by atoms with E-state index < -0.39 is 10.0 Å². The van der Waals surface area contributed by atoms with Crippen molar-refractivity contribution < 1.29 is 13.2 Å². The van der Waals surface area contributed by atoms with Crippen molar-refractivity contribution in [2.75, 3.05) is 18.4 Å². The molecule has 1 aromatic heterocycles. The van der Waals surface area contributed by atoms with Crippen LogP contribution in [-0.2, 0) is 16.4 Å². The minimum atomic E-state index is -3.69. The molecule has 0 aliphatic rings. The number of rotatable bonds is 6. The Kier molecular flexibility index (Phi) is 4.81. The maximum absolute atomic E-state index is 12.5. The molecule has 2 rings (SSSR count). The Morgan fingerprint density at radius 2 is 2.19 bits per heavy atom. The van der Waals surface area contributed by atoms with Gasteiger partial charge < -0.3 is 10.5 Å². The summed E-state index contributed by atoms with van der Waals surface area (Å²) in [5, 5.41) is 0.349. The summed E-state index contributed by atoms with van der Waals surface area (Å²) in [7, 11) is -2.16. The average Bonchev–Trinajstić information content (AvgIpc) is 2.83. The van der Waals surface area contributed by atoms with E-state index in [4.69, 9.17) is 10.5 Å². The summed E-state index contributed by atoms with van der Waals surface area (Å²) >= 11 is 1.29. The smallest absolute Gasteiger partial charge is 0.263 e. The highest BCUT2D eigenvalue weighted by atomic mass is 32.2. The second kappa shape index (κ2) is 6.42. The molecule has 1 aromatic carbocycles. The fourth-order valence-electron chi connectivity index (χ4n) is 1.87. The number of nitrogens with zero attached hydrogens (tertiary/aromatic N) is 1. The first-order valence-electron chi connectivity index (χ1n) is 6.28. The molecule has 8 heteroatoms. The van der Waals surface area contributed by atoms with Crippen molar-refractivity contribution >= 4 is 26.5 Å². The number of hydrogen-bond acceptors (Lipinski definition) is 6. The number of methoxy groups -OCH3 is 1. The van der Waals surface area contributed by atoms with Crippen molar-refractivity contribution in [3.05, 3.63) is 34.8 Å². The predicted molar refractivity (Wildman–Crippen MR) is 83.4 cm³/mol. The molecular weight excluding hydrogens is 310 g/mol. The Morgan fingerprint density at radius 1 is 1.43 bits per heavy atom. The topological polar surface area (TPSA) is 94.3 Å². The van der Waals surface area contributed by atoms with Crippen molar-refractivity contribution in [2.24, 2.45) is 5.73 Å². The van der Waals surface area contributed by atoms with Crippen LogP contribution in [0.1, 0.15) is 10.4 Å². The van der Waals surface area contributed by atoms with Crippen molar-refractivity contribution in [1.29, 1.82) is 0 Å². The first kappa shape index (κ1) is 15.7. The molecular formula is C13H17N3O3S2. The van der Waals surface area contributed by atoms with Gasteiger partial charge in [-0.15, -0.1) is 11.3 Å². The highest BCUT2D eigenvalue weighted by Gasteiger charge is 2.20. The summed E-state index contributed by atoms with van der Waals surface area (Å²) in [4.78, 5) is 5.15. The number of hydrogen-bond donors (Lipinski definition) is 2. The zero-order valence-electron chi connectivity index (χ0n) is 11.8. The van der Waals surface area contributed by atoms with Gasteiger partial charge in [0.1, 0.15) is 5.75 Å². The maximum atomic E-state index is 12.5. The van der Waals surface area contributed by atoms with Crippen molar-refractivity contribution in [2.45, 2.75) is 18.2 Å². The van der Waals surface area contributed by atoms with Crippen molar-refractivity contribution in [3.63, 3.8) is 0 Å². The van der Waals surface area contributed by atoms with Gasteiger partial charge in [0, 0.05) is 11.1 Å². The third-order valence-electron chi connectivity index (χ3n) is 2.81. The first-order valence-corrected chi connectivity index (χ1v) is 8.58. The van der Waals surface area contributed by atoms with Crippen LogP contribution >= 0.6 is 11.3 Å². The molecule has 0 spiro atoms. The highest BCUT2D eigenvalue weighted by molar-refractivity contribution is 7.93. The molecule has 0 fully saturated rings. The molecule has 0 atom stereocenters. The van der Waals surface area contributed by atoms with Gasteiger partial charge in [-0.2, -0.15) is 0 Å². The van der Waals surface area contributed by atoms with E-state index in [2.05, 4.69) is 9.71 Å². The number of benzene rings is 1. The molecule has 3 N–H and O–H groups in total. The Bertz CT molecular complexity index is 726. The van der Waals surface area contributed by atoms with Gasteiger partial charge >= 0.3 is 0 Å². The van der Waals surface area contributed by atoms with Gasteiger partial charge in [0.25, 0.3) is 10.0 Å². The number of thiazole rings is 1. The summed E-state index contributed by atoms with van der Waals surface area (Å²) in [6.07, 6.45) is 2.07. The SMILES string of the molecule is COc1ccc(S(=O)(=O)Nc2ncc(C)s2)c(CCN)c1. The molecule has 0 aliphatic heterocycles. The number of aromatic nitrogens is 1. The van der Waals surface area contributed by atoms with Crippen LogP contribution in [0, 0.1) is 6.92 Å². The highest BCUT2D eigenvalue weighted by Crippen LogP contribution is 2.26. The second-order valence-corrected chi connectivity index (χ2v) is 7.28. The Morgan fingerprint density at radius 3 is 2.76 bits per heavy atom. The minimum absolute atomic E-state index is 0.196. The maximum Gasteiger partial charge on any atom is 0.263 e. The Balaban J connectivity index is 2.38. The second-order valence-electron chi connectivity index (χ2n) is 4.39. The van der Waals surface area contributed by atoms with Crippen LogP contribution in [0.4, 0.5) is 5.13 Å². The molecule has 2 aromatic rings. The molecule has 0 amide bonds. The first-order chi connectivity index (χ1) is 9.96. The van der Waals surface area contributed by atoms with Crippen LogP contribution in [0.15, 0.2) is 29.3 Å². The lowest BCUT2D eigenvalue weighted by molar-refractivity contribution is 0.414. The lowest BCUT2D eigenvalue weighted by Gasteiger charge is -2.12. The number of ether oxygens (including phenoxy) is 1. The van der Waals surface area contributed by atoms with Crippen LogP contribution in [-0.4, -0.2) is 27.1 Å². The van der Waals surface area contributed by atoms with E-state index >= 15 is 0 Å². The van der Waals surface area contributed by atoms with Gasteiger partial charge in [-0.3, -0.25) is 4.72 Å². The Labute approximate surface area is 128 Å². The number of nitrogens with one attached hydrogen (secondary N) is 1. The molecule has 6 nitrogen and oxygen atoms in total. The lowest BCUT2D eigenvalue weighted by Crippen LogP contribution is -2.16. The molecule has 0 radical (unpaired) electrons. The molecule has 1 heterocycles. The van der Waals surface area contributed by atoms with Crippen LogP contribution in [0.5, 0.6) is 5.75 Å².